The van der Waals surface area contributed by atoms with Crippen LogP contribution in [0.3, 0.4) is 0 Å². The van der Waals surface area contributed by atoms with Gasteiger partial charge in [0.2, 0.25) is 0 Å². The number of hydrogen-bond donors (Lipinski definition) is 1. The first-order valence-corrected chi connectivity index (χ1v) is 7.92. The molecule has 3 fully saturated rings. The number of fused-ring (bicyclic) bond motifs is 3. The molecule has 0 aromatic heterocycles. The van der Waals surface area contributed by atoms with Gasteiger partial charge in [0, 0.05) is 18.9 Å². The van der Waals surface area contributed by atoms with Crippen molar-refractivity contribution in [3.05, 3.63) is 0 Å². The molecule has 24 heavy (non-hydrogen) atoms. The zero-order chi connectivity index (χ0) is 17.7. The van der Waals surface area contributed by atoms with E-state index in [-0.39, 0.29) is 13.0 Å². The number of rotatable bonds is 4. The van der Waals surface area contributed by atoms with Crippen molar-refractivity contribution in [2.24, 2.45) is 0 Å². The number of ether oxygens (including phenoxy) is 5. The number of amides is 1. The number of carboxylic acid groups (broad SMARTS) is 1. The summed E-state index contributed by atoms with van der Waals surface area (Å²) in [5.74, 6) is -3.49. The Hall–Kier alpha value is -1.26. The minimum Gasteiger partial charge on any atom is -0.550 e. The maximum absolute atomic E-state index is 12.4. The lowest BCUT2D eigenvalue weighted by atomic mass is 9.98. The number of hydrogen-bond acceptors (Lipinski definition) is 8. The summed E-state index contributed by atoms with van der Waals surface area (Å²) in [7, 11) is 0. The predicted octanol–water partition coefficient (Wildman–Crippen LogP) is -1.36. The van der Waals surface area contributed by atoms with Crippen molar-refractivity contribution < 1.29 is 38.4 Å². The Morgan fingerprint density at radius 1 is 0.958 bits per heavy atom. The molecule has 0 radical (unpaired) electrons. The Morgan fingerprint density at radius 2 is 1.54 bits per heavy atom. The average Bonchev–Trinajstić information content (AvgIpc) is 2.91. The van der Waals surface area contributed by atoms with Crippen molar-refractivity contribution in [2.45, 2.75) is 76.4 Å². The molecule has 0 saturated carbocycles. The van der Waals surface area contributed by atoms with Gasteiger partial charge >= 0.3 is 0 Å². The summed E-state index contributed by atoms with van der Waals surface area (Å²) in [6.07, 6.45) is -3.76. The minimum atomic E-state index is -1.24. The molecule has 0 aromatic rings. The molecule has 9 heteroatoms. The highest BCUT2D eigenvalue weighted by Gasteiger charge is 2.62. The standard InChI is InChI=1S/C15H23NO8/c1-14(2)21-8-9(22-14)11-13(24-15(3,4)23-11)20-10(8)12(19)16-6-5-7(17)18/h8-11,13H,5-6H2,1-4H3,(H,16,19)(H,17,18)/p-1/t8-,9-,10+,11+,13-/m0/s1. The van der Waals surface area contributed by atoms with E-state index in [1.807, 2.05) is 0 Å². The van der Waals surface area contributed by atoms with Crippen molar-refractivity contribution in [3.8, 4) is 0 Å². The summed E-state index contributed by atoms with van der Waals surface area (Å²) >= 11 is 0. The van der Waals surface area contributed by atoms with Crippen molar-refractivity contribution >= 4 is 11.9 Å². The van der Waals surface area contributed by atoms with E-state index in [1.54, 1.807) is 27.7 Å². The molecule has 0 spiro atoms. The molecular weight excluding hydrogens is 322 g/mol. The maximum Gasteiger partial charge on any atom is 0.252 e. The lowest BCUT2D eigenvalue weighted by molar-refractivity contribution is -0.305. The van der Waals surface area contributed by atoms with E-state index >= 15 is 0 Å². The van der Waals surface area contributed by atoms with Gasteiger partial charge in [-0.25, -0.2) is 0 Å². The molecule has 1 N–H and O–H groups in total. The quantitative estimate of drug-likeness (QED) is 0.665. The first-order chi connectivity index (χ1) is 11.1. The smallest absolute Gasteiger partial charge is 0.252 e. The molecule has 0 aromatic carbocycles. The van der Waals surface area contributed by atoms with Gasteiger partial charge in [0.1, 0.15) is 18.3 Å². The molecule has 1 amide bonds. The summed E-state index contributed by atoms with van der Waals surface area (Å²) in [4.78, 5) is 22.9. The van der Waals surface area contributed by atoms with Crippen LogP contribution in [-0.2, 0) is 33.3 Å². The van der Waals surface area contributed by atoms with Crippen LogP contribution in [0.25, 0.3) is 0 Å². The van der Waals surface area contributed by atoms with E-state index in [0.29, 0.717) is 0 Å². The van der Waals surface area contributed by atoms with Crippen LogP contribution in [0.4, 0.5) is 0 Å². The Balaban J connectivity index is 1.75. The molecule has 9 nitrogen and oxygen atoms in total. The summed E-state index contributed by atoms with van der Waals surface area (Å²) in [5.41, 5.74) is 0. The minimum absolute atomic E-state index is 0.0559. The van der Waals surface area contributed by atoms with Crippen molar-refractivity contribution in [1.82, 2.24) is 5.32 Å². The fourth-order valence-electron chi connectivity index (χ4n) is 3.21. The first kappa shape index (κ1) is 17.6. The summed E-state index contributed by atoms with van der Waals surface area (Å²) < 4.78 is 29.0. The van der Waals surface area contributed by atoms with Gasteiger partial charge in [0.05, 0.1) is 0 Å². The van der Waals surface area contributed by atoms with Gasteiger partial charge in [0.15, 0.2) is 24.0 Å². The summed E-state index contributed by atoms with van der Waals surface area (Å²) in [5, 5.41) is 13.0. The van der Waals surface area contributed by atoms with Gasteiger partial charge in [-0.3, -0.25) is 4.79 Å². The molecular formula is C15H22NO8-. The molecule has 0 bridgehead atoms. The van der Waals surface area contributed by atoms with E-state index in [2.05, 4.69) is 5.32 Å². The molecule has 0 unspecified atom stereocenters. The Kier molecular flexibility index (Phi) is 4.33. The average molecular weight is 344 g/mol. The largest absolute Gasteiger partial charge is 0.550 e. The molecule has 0 aliphatic carbocycles. The van der Waals surface area contributed by atoms with Crippen LogP contribution in [0, 0.1) is 0 Å². The normalized spacial score (nSPS) is 39.1. The Labute approximate surface area is 139 Å². The van der Waals surface area contributed by atoms with Gasteiger partial charge in [-0.05, 0) is 27.7 Å². The van der Waals surface area contributed by atoms with Crippen LogP contribution in [0.15, 0.2) is 0 Å². The number of aliphatic carboxylic acids is 1. The number of nitrogens with one attached hydrogen (secondary N) is 1. The second kappa shape index (κ2) is 5.92. The van der Waals surface area contributed by atoms with Crippen molar-refractivity contribution in [2.75, 3.05) is 6.54 Å². The zero-order valence-electron chi connectivity index (χ0n) is 14.1. The Bertz CT molecular complexity index is 534. The fraction of sp³-hybridized carbons (Fsp3) is 0.867. The van der Waals surface area contributed by atoms with Gasteiger partial charge < -0.3 is 38.9 Å². The van der Waals surface area contributed by atoms with E-state index < -0.39 is 54.2 Å². The van der Waals surface area contributed by atoms with Crippen molar-refractivity contribution in [1.29, 1.82) is 0 Å². The highest BCUT2D eigenvalue weighted by Crippen LogP contribution is 2.44. The van der Waals surface area contributed by atoms with E-state index in [0.717, 1.165) is 0 Å². The molecule has 3 aliphatic heterocycles. The number of carbonyl (C=O) groups is 2. The van der Waals surface area contributed by atoms with Crippen molar-refractivity contribution in [3.63, 3.8) is 0 Å². The van der Waals surface area contributed by atoms with E-state index in [1.165, 1.54) is 0 Å². The number of carbonyl (C=O) groups excluding carboxylic acids is 2. The van der Waals surface area contributed by atoms with Gasteiger partial charge in [-0.1, -0.05) is 0 Å². The third kappa shape index (κ3) is 3.40. The SMILES string of the molecule is CC1(C)O[C@@H]2O[C@@H](C(=O)NCCC(=O)[O-])[C@H]3OC(C)(C)O[C@@H]3[C@H]2O1. The monoisotopic (exact) mass is 344 g/mol. The topological polar surface area (TPSA) is 115 Å². The predicted molar refractivity (Wildman–Crippen MR) is 75.2 cm³/mol. The van der Waals surface area contributed by atoms with Crippen LogP contribution in [-0.4, -0.2) is 60.7 Å². The second-order valence-electron chi connectivity index (χ2n) is 7.00. The molecule has 3 rings (SSSR count). The molecule has 3 aliphatic rings. The van der Waals surface area contributed by atoms with E-state index in [4.69, 9.17) is 23.7 Å². The van der Waals surface area contributed by atoms with Gasteiger partial charge in [-0.15, -0.1) is 0 Å². The Morgan fingerprint density at radius 3 is 2.21 bits per heavy atom. The zero-order valence-corrected chi connectivity index (χ0v) is 14.1. The fourth-order valence-corrected chi connectivity index (χ4v) is 3.21. The van der Waals surface area contributed by atoms with Crippen LogP contribution >= 0.6 is 0 Å². The summed E-state index contributed by atoms with van der Waals surface area (Å²) in [6, 6.07) is 0. The molecule has 136 valence electrons. The van der Waals surface area contributed by atoms with E-state index in [9.17, 15) is 14.7 Å². The second-order valence-corrected chi connectivity index (χ2v) is 7.00. The maximum atomic E-state index is 12.4. The highest BCUT2D eigenvalue weighted by molar-refractivity contribution is 5.82. The van der Waals surface area contributed by atoms with Crippen LogP contribution in [0.1, 0.15) is 34.1 Å². The summed E-state index contributed by atoms with van der Waals surface area (Å²) in [6.45, 7) is 6.93. The third-order valence-electron chi connectivity index (χ3n) is 4.04. The number of carboxylic acids is 1. The van der Waals surface area contributed by atoms with Crippen LogP contribution < -0.4 is 10.4 Å². The lowest BCUT2D eigenvalue weighted by Gasteiger charge is -2.36. The lowest BCUT2D eigenvalue weighted by Crippen LogP contribution is -2.59. The first-order valence-electron chi connectivity index (χ1n) is 7.92. The third-order valence-corrected chi connectivity index (χ3v) is 4.04. The molecule has 3 saturated heterocycles. The van der Waals surface area contributed by atoms with Crippen LogP contribution in [0.2, 0.25) is 0 Å². The van der Waals surface area contributed by atoms with Crippen LogP contribution in [0.5, 0.6) is 0 Å². The highest BCUT2D eigenvalue weighted by atomic mass is 16.9. The molecule has 5 atom stereocenters. The van der Waals surface area contributed by atoms with Gasteiger partial charge in [-0.2, -0.15) is 0 Å². The molecule has 3 heterocycles. The van der Waals surface area contributed by atoms with Gasteiger partial charge in [0.25, 0.3) is 5.91 Å².